The van der Waals surface area contributed by atoms with E-state index in [0.29, 0.717) is 0 Å². The summed E-state index contributed by atoms with van der Waals surface area (Å²) < 4.78 is 5.42. The summed E-state index contributed by atoms with van der Waals surface area (Å²) >= 11 is 0. The monoisotopic (exact) mass is 242 g/mol. The molecule has 2 aliphatic rings. The molecule has 0 bridgehead atoms. The van der Waals surface area contributed by atoms with Crippen molar-refractivity contribution in [3.05, 3.63) is 47.7 Å². The summed E-state index contributed by atoms with van der Waals surface area (Å²) in [6.45, 7) is 4.48. The first-order chi connectivity index (χ1) is 8.95. The Bertz CT molecular complexity index is 459. The van der Waals surface area contributed by atoms with Gasteiger partial charge in [-0.2, -0.15) is 0 Å². The summed E-state index contributed by atoms with van der Waals surface area (Å²) in [5, 5.41) is 0. The predicted molar refractivity (Wildman–Crippen MR) is 72.9 cm³/mol. The van der Waals surface area contributed by atoms with Crippen LogP contribution >= 0.6 is 0 Å². The van der Waals surface area contributed by atoms with E-state index in [4.69, 9.17) is 9.73 Å². The fraction of sp³-hybridized carbons (Fsp3) is 0.400. The molecule has 18 heavy (non-hydrogen) atoms. The van der Waals surface area contributed by atoms with Crippen LogP contribution in [0.4, 0.5) is 0 Å². The Morgan fingerprint density at radius 3 is 2.61 bits per heavy atom. The molecule has 1 aromatic rings. The number of dihydropyridines is 1. The molecule has 0 aromatic heterocycles. The van der Waals surface area contributed by atoms with Crippen LogP contribution in [0.25, 0.3) is 0 Å². The number of nitrogens with zero attached hydrogens (tertiary/aromatic N) is 2. The highest BCUT2D eigenvalue weighted by Gasteiger charge is 2.20. The molecule has 0 amide bonds. The van der Waals surface area contributed by atoms with Crippen molar-refractivity contribution in [3.8, 4) is 0 Å². The second-order valence-corrected chi connectivity index (χ2v) is 4.57. The molecule has 2 heterocycles. The first-order valence-corrected chi connectivity index (χ1v) is 6.58. The van der Waals surface area contributed by atoms with Gasteiger partial charge in [0.15, 0.2) is 0 Å². The van der Waals surface area contributed by atoms with Crippen LogP contribution in [0.15, 0.2) is 47.1 Å². The Morgan fingerprint density at radius 2 is 1.83 bits per heavy atom. The van der Waals surface area contributed by atoms with Gasteiger partial charge in [0.1, 0.15) is 0 Å². The van der Waals surface area contributed by atoms with Gasteiger partial charge in [-0.3, -0.25) is 4.99 Å². The van der Waals surface area contributed by atoms with Crippen molar-refractivity contribution in [2.45, 2.75) is 6.42 Å². The highest BCUT2D eigenvalue weighted by atomic mass is 16.5. The second-order valence-electron chi connectivity index (χ2n) is 4.57. The molecule has 0 radical (unpaired) electrons. The Balaban J connectivity index is 1.88. The fourth-order valence-electron chi connectivity index (χ4n) is 2.47. The molecule has 1 fully saturated rings. The maximum absolute atomic E-state index is 5.42. The molecule has 3 heteroatoms. The topological polar surface area (TPSA) is 24.8 Å². The summed E-state index contributed by atoms with van der Waals surface area (Å²) in [5.41, 5.74) is 3.65. The van der Waals surface area contributed by atoms with Crippen LogP contribution in [-0.4, -0.2) is 43.5 Å². The third-order valence-corrected chi connectivity index (χ3v) is 3.38. The molecule has 0 unspecified atom stereocenters. The molecule has 0 saturated carbocycles. The molecule has 94 valence electrons. The summed E-state index contributed by atoms with van der Waals surface area (Å²) in [7, 11) is 0. The molecule has 3 nitrogen and oxygen atoms in total. The maximum atomic E-state index is 5.42. The Morgan fingerprint density at radius 1 is 1.06 bits per heavy atom. The van der Waals surface area contributed by atoms with E-state index in [0.717, 1.165) is 45.0 Å². The third kappa shape index (κ3) is 2.31. The largest absolute Gasteiger partial charge is 0.378 e. The van der Waals surface area contributed by atoms with E-state index in [1.54, 1.807) is 0 Å². The van der Waals surface area contributed by atoms with Crippen LogP contribution in [0, 0.1) is 0 Å². The average Bonchev–Trinajstić information content (AvgIpc) is 2.49. The minimum atomic E-state index is 0.819. The van der Waals surface area contributed by atoms with Gasteiger partial charge in [0, 0.05) is 25.2 Å². The highest BCUT2D eigenvalue weighted by molar-refractivity contribution is 6.12. The summed E-state index contributed by atoms with van der Waals surface area (Å²) in [6, 6.07) is 10.5. The van der Waals surface area contributed by atoms with Crippen LogP contribution in [0.1, 0.15) is 12.0 Å². The minimum absolute atomic E-state index is 0.819. The van der Waals surface area contributed by atoms with Gasteiger partial charge < -0.3 is 9.64 Å². The predicted octanol–water partition coefficient (Wildman–Crippen LogP) is 2.10. The SMILES string of the molecule is C1=C(N2CCOCC2)C(c2ccccc2)=NCC1. The van der Waals surface area contributed by atoms with Gasteiger partial charge in [-0.1, -0.05) is 36.4 Å². The number of morpholine rings is 1. The van der Waals surface area contributed by atoms with Crippen LogP contribution in [0.5, 0.6) is 0 Å². The van der Waals surface area contributed by atoms with Crippen molar-refractivity contribution in [2.24, 2.45) is 4.99 Å². The zero-order valence-corrected chi connectivity index (χ0v) is 10.5. The van der Waals surface area contributed by atoms with Gasteiger partial charge in [-0.05, 0) is 6.42 Å². The maximum Gasteiger partial charge on any atom is 0.0876 e. The van der Waals surface area contributed by atoms with E-state index < -0.39 is 0 Å². The van der Waals surface area contributed by atoms with Crippen LogP contribution in [0.3, 0.4) is 0 Å². The first kappa shape index (κ1) is 11.5. The standard InChI is InChI=1S/C15H18N2O/c1-2-5-13(6-3-1)15-14(7-4-8-16-15)17-9-11-18-12-10-17/h1-3,5-7H,4,8-12H2. The van der Waals surface area contributed by atoms with E-state index in [-0.39, 0.29) is 0 Å². The Hall–Kier alpha value is -1.61. The highest BCUT2D eigenvalue weighted by Crippen LogP contribution is 2.19. The fourth-order valence-corrected chi connectivity index (χ4v) is 2.47. The van der Waals surface area contributed by atoms with Gasteiger partial charge in [0.05, 0.1) is 24.6 Å². The number of benzene rings is 1. The zero-order chi connectivity index (χ0) is 12.2. The lowest BCUT2D eigenvalue weighted by Gasteiger charge is -2.33. The lowest BCUT2D eigenvalue weighted by Crippen LogP contribution is -2.38. The molecule has 0 aliphatic carbocycles. The average molecular weight is 242 g/mol. The molecule has 2 aliphatic heterocycles. The minimum Gasteiger partial charge on any atom is -0.378 e. The second kappa shape index (κ2) is 5.36. The number of aliphatic imine (C=N–C) groups is 1. The van der Waals surface area contributed by atoms with E-state index in [2.05, 4.69) is 35.2 Å². The number of allylic oxidation sites excluding steroid dienone is 1. The number of hydrogen-bond acceptors (Lipinski definition) is 3. The number of ether oxygens (including phenoxy) is 1. The van der Waals surface area contributed by atoms with Gasteiger partial charge in [0.2, 0.25) is 0 Å². The van der Waals surface area contributed by atoms with Crippen molar-refractivity contribution in [2.75, 3.05) is 32.8 Å². The summed E-state index contributed by atoms with van der Waals surface area (Å²) in [4.78, 5) is 7.12. The lowest BCUT2D eigenvalue weighted by atomic mass is 10.0. The molecule has 0 atom stereocenters. The van der Waals surface area contributed by atoms with Gasteiger partial charge in [0.25, 0.3) is 0 Å². The number of rotatable bonds is 2. The molecule has 0 N–H and O–H groups in total. The molecule has 3 rings (SSSR count). The van der Waals surface area contributed by atoms with Crippen molar-refractivity contribution < 1.29 is 4.74 Å². The molecule has 0 spiro atoms. The van der Waals surface area contributed by atoms with Crippen molar-refractivity contribution in [3.63, 3.8) is 0 Å². The van der Waals surface area contributed by atoms with Crippen LogP contribution in [-0.2, 0) is 4.74 Å². The zero-order valence-electron chi connectivity index (χ0n) is 10.5. The number of hydrogen-bond donors (Lipinski definition) is 0. The molecule has 1 saturated heterocycles. The smallest absolute Gasteiger partial charge is 0.0876 e. The Labute approximate surface area is 108 Å². The molecular weight excluding hydrogens is 224 g/mol. The van der Waals surface area contributed by atoms with Gasteiger partial charge >= 0.3 is 0 Å². The van der Waals surface area contributed by atoms with Crippen molar-refractivity contribution in [1.29, 1.82) is 0 Å². The third-order valence-electron chi connectivity index (χ3n) is 3.38. The van der Waals surface area contributed by atoms with Gasteiger partial charge in [-0.25, -0.2) is 0 Å². The summed E-state index contributed by atoms with van der Waals surface area (Å²) in [5.74, 6) is 0. The van der Waals surface area contributed by atoms with Gasteiger partial charge in [-0.15, -0.1) is 0 Å². The van der Waals surface area contributed by atoms with E-state index in [9.17, 15) is 0 Å². The summed E-state index contributed by atoms with van der Waals surface area (Å²) in [6.07, 6.45) is 3.36. The van der Waals surface area contributed by atoms with E-state index in [1.807, 2.05) is 6.07 Å². The normalized spacial score (nSPS) is 20.3. The lowest BCUT2D eigenvalue weighted by molar-refractivity contribution is 0.0562. The van der Waals surface area contributed by atoms with Crippen LogP contribution in [0.2, 0.25) is 0 Å². The van der Waals surface area contributed by atoms with E-state index >= 15 is 0 Å². The Kier molecular flexibility index (Phi) is 3.42. The molecular formula is C15H18N2O. The van der Waals surface area contributed by atoms with Crippen molar-refractivity contribution >= 4 is 5.71 Å². The van der Waals surface area contributed by atoms with E-state index in [1.165, 1.54) is 11.3 Å². The molecule has 1 aromatic carbocycles. The van der Waals surface area contributed by atoms with Crippen molar-refractivity contribution in [1.82, 2.24) is 4.90 Å². The first-order valence-electron chi connectivity index (χ1n) is 6.58. The van der Waals surface area contributed by atoms with Crippen LogP contribution < -0.4 is 0 Å². The quantitative estimate of drug-likeness (QED) is 0.793.